The molecule has 134 valence electrons. The first kappa shape index (κ1) is 17.6. The summed E-state index contributed by atoms with van der Waals surface area (Å²) in [7, 11) is 0. The molecular formula is C16H15ClF3N3O2. The fourth-order valence-corrected chi connectivity index (χ4v) is 2.83. The van der Waals surface area contributed by atoms with Crippen LogP contribution in [-0.2, 0) is 6.18 Å². The van der Waals surface area contributed by atoms with Crippen LogP contribution in [0.5, 0.6) is 0 Å². The molecule has 2 aromatic heterocycles. The minimum Gasteiger partial charge on any atom is -0.440 e. The van der Waals surface area contributed by atoms with Crippen LogP contribution in [0.4, 0.5) is 19.0 Å². The highest BCUT2D eigenvalue weighted by molar-refractivity contribution is 6.29. The van der Waals surface area contributed by atoms with Gasteiger partial charge in [0.05, 0.1) is 5.56 Å². The Morgan fingerprint density at radius 3 is 2.48 bits per heavy atom. The van der Waals surface area contributed by atoms with Gasteiger partial charge in [-0.15, -0.1) is 0 Å². The third-order valence-corrected chi connectivity index (χ3v) is 4.23. The lowest BCUT2D eigenvalue weighted by atomic mass is 10.0. The Morgan fingerprint density at radius 1 is 1.24 bits per heavy atom. The standard InChI is InChI=1S/C16H15ClF3N3O2/c17-13-3-2-12(25-13)15(24)22-11-5-7-23(8-6-11)14-4-1-10(9-21-14)16(18,19)20/h1-4,9,11H,5-8H2,(H,22,24). The summed E-state index contributed by atoms with van der Waals surface area (Å²) in [6, 6.07) is 5.35. The molecule has 1 N–H and O–H groups in total. The number of alkyl halides is 3. The molecule has 1 aliphatic heterocycles. The molecule has 0 spiro atoms. The number of nitrogens with one attached hydrogen (secondary N) is 1. The summed E-state index contributed by atoms with van der Waals surface area (Å²) in [4.78, 5) is 17.8. The zero-order valence-electron chi connectivity index (χ0n) is 13.0. The lowest BCUT2D eigenvalue weighted by Gasteiger charge is -2.33. The smallest absolute Gasteiger partial charge is 0.417 e. The molecule has 0 saturated carbocycles. The summed E-state index contributed by atoms with van der Waals surface area (Å²) >= 11 is 5.64. The maximum Gasteiger partial charge on any atom is 0.417 e. The van der Waals surface area contributed by atoms with Crippen molar-refractivity contribution >= 4 is 23.3 Å². The molecule has 0 aliphatic carbocycles. The van der Waals surface area contributed by atoms with Crippen molar-refractivity contribution in [1.82, 2.24) is 10.3 Å². The molecule has 0 radical (unpaired) electrons. The first-order valence-electron chi connectivity index (χ1n) is 7.67. The van der Waals surface area contributed by atoms with Crippen molar-refractivity contribution in [3.05, 3.63) is 47.0 Å². The van der Waals surface area contributed by atoms with Crippen molar-refractivity contribution in [2.24, 2.45) is 0 Å². The van der Waals surface area contributed by atoms with E-state index in [1.54, 1.807) is 0 Å². The molecule has 1 amide bonds. The number of nitrogens with zero attached hydrogens (tertiary/aromatic N) is 2. The Labute approximate surface area is 146 Å². The predicted octanol–water partition coefficient (Wildman–Crippen LogP) is 3.75. The van der Waals surface area contributed by atoms with E-state index in [9.17, 15) is 18.0 Å². The van der Waals surface area contributed by atoms with Gasteiger partial charge in [-0.25, -0.2) is 4.98 Å². The van der Waals surface area contributed by atoms with E-state index in [-0.39, 0.29) is 22.9 Å². The van der Waals surface area contributed by atoms with Crippen molar-refractivity contribution in [3.8, 4) is 0 Å². The van der Waals surface area contributed by atoms with Gasteiger partial charge >= 0.3 is 6.18 Å². The highest BCUT2D eigenvalue weighted by atomic mass is 35.5. The number of carbonyl (C=O) groups excluding carboxylic acids is 1. The summed E-state index contributed by atoms with van der Waals surface area (Å²) in [5.74, 6) is 0.311. The number of rotatable bonds is 3. The van der Waals surface area contributed by atoms with Crippen LogP contribution in [0.25, 0.3) is 0 Å². The number of amides is 1. The van der Waals surface area contributed by atoms with E-state index in [4.69, 9.17) is 16.0 Å². The number of hydrogen-bond donors (Lipinski definition) is 1. The first-order chi connectivity index (χ1) is 11.8. The third kappa shape index (κ3) is 4.25. The van der Waals surface area contributed by atoms with Gasteiger partial charge in [-0.3, -0.25) is 4.79 Å². The molecule has 5 nitrogen and oxygen atoms in total. The average molecular weight is 374 g/mol. The molecule has 1 saturated heterocycles. The number of piperidine rings is 1. The van der Waals surface area contributed by atoms with E-state index in [1.165, 1.54) is 18.2 Å². The van der Waals surface area contributed by atoms with Gasteiger partial charge in [0, 0.05) is 25.3 Å². The highest BCUT2D eigenvalue weighted by Gasteiger charge is 2.31. The lowest BCUT2D eigenvalue weighted by molar-refractivity contribution is -0.137. The number of pyridine rings is 1. The van der Waals surface area contributed by atoms with E-state index < -0.39 is 11.7 Å². The van der Waals surface area contributed by atoms with Crippen molar-refractivity contribution in [3.63, 3.8) is 0 Å². The average Bonchev–Trinajstić information content (AvgIpc) is 3.02. The third-order valence-electron chi connectivity index (χ3n) is 4.03. The summed E-state index contributed by atoms with van der Waals surface area (Å²) in [5, 5.41) is 3.01. The van der Waals surface area contributed by atoms with E-state index in [1.807, 2.05) is 4.90 Å². The van der Waals surface area contributed by atoms with E-state index in [2.05, 4.69) is 10.3 Å². The van der Waals surface area contributed by atoms with Crippen LogP contribution >= 0.6 is 11.6 Å². The fourth-order valence-electron chi connectivity index (χ4n) is 2.69. The molecule has 9 heteroatoms. The van der Waals surface area contributed by atoms with Gasteiger partial charge < -0.3 is 14.6 Å². The van der Waals surface area contributed by atoms with E-state index >= 15 is 0 Å². The monoisotopic (exact) mass is 373 g/mol. The SMILES string of the molecule is O=C(NC1CCN(c2ccc(C(F)(F)F)cn2)CC1)c1ccc(Cl)o1. The molecule has 0 bridgehead atoms. The Balaban J connectivity index is 1.54. The highest BCUT2D eigenvalue weighted by Crippen LogP contribution is 2.29. The van der Waals surface area contributed by atoms with Crippen molar-refractivity contribution in [1.29, 1.82) is 0 Å². The largest absolute Gasteiger partial charge is 0.440 e. The molecule has 25 heavy (non-hydrogen) atoms. The summed E-state index contributed by atoms with van der Waals surface area (Å²) in [6.45, 7) is 1.17. The minimum absolute atomic E-state index is 0.0397. The van der Waals surface area contributed by atoms with Crippen LogP contribution in [0.15, 0.2) is 34.9 Å². The second kappa shape index (κ2) is 6.95. The maximum atomic E-state index is 12.6. The topological polar surface area (TPSA) is 58.4 Å². The zero-order valence-corrected chi connectivity index (χ0v) is 13.8. The van der Waals surface area contributed by atoms with Gasteiger partial charge in [-0.2, -0.15) is 13.2 Å². The Bertz CT molecular complexity index is 738. The van der Waals surface area contributed by atoms with Crippen LogP contribution < -0.4 is 10.2 Å². The molecule has 0 atom stereocenters. The van der Waals surface area contributed by atoms with Crippen LogP contribution in [0.3, 0.4) is 0 Å². The summed E-state index contributed by atoms with van der Waals surface area (Å²) < 4.78 is 42.8. The molecule has 0 aromatic carbocycles. The van der Waals surface area contributed by atoms with Crippen molar-refractivity contribution in [2.75, 3.05) is 18.0 Å². The van der Waals surface area contributed by atoms with Crippen LogP contribution in [0.1, 0.15) is 29.0 Å². The Kier molecular flexibility index (Phi) is 4.89. The molecular weight excluding hydrogens is 359 g/mol. The Morgan fingerprint density at radius 2 is 1.96 bits per heavy atom. The molecule has 1 fully saturated rings. The quantitative estimate of drug-likeness (QED) is 0.890. The van der Waals surface area contributed by atoms with Gasteiger partial charge in [0.1, 0.15) is 5.82 Å². The summed E-state index contributed by atoms with van der Waals surface area (Å²) in [6.07, 6.45) is -2.24. The number of carbonyl (C=O) groups is 1. The number of hydrogen-bond acceptors (Lipinski definition) is 4. The normalized spacial score (nSPS) is 16.1. The zero-order chi connectivity index (χ0) is 18.0. The van der Waals surface area contributed by atoms with E-state index in [0.29, 0.717) is 31.7 Å². The second-order valence-electron chi connectivity index (χ2n) is 5.74. The van der Waals surface area contributed by atoms with Gasteiger partial charge in [0.2, 0.25) is 0 Å². The van der Waals surface area contributed by atoms with Gasteiger partial charge in [-0.1, -0.05) is 0 Å². The molecule has 3 rings (SSSR count). The van der Waals surface area contributed by atoms with Gasteiger partial charge in [-0.05, 0) is 48.7 Å². The molecule has 1 aliphatic rings. The number of furan rings is 1. The molecule has 0 unspecified atom stereocenters. The van der Waals surface area contributed by atoms with Crippen molar-refractivity contribution in [2.45, 2.75) is 25.1 Å². The maximum absolute atomic E-state index is 12.6. The lowest BCUT2D eigenvalue weighted by Crippen LogP contribution is -2.44. The van der Waals surface area contributed by atoms with Gasteiger partial charge in [0.25, 0.3) is 5.91 Å². The predicted molar refractivity (Wildman–Crippen MR) is 85.7 cm³/mol. The first-order valence-corrected chi connectivity index (χ1v) is 8.05. The number of halogens is 4. The number of aromatic nitrogens is 1. The molecule has 3 heterocycles. The molecule has 2 aromatic rings. The van der Waals surface area contributed by atoms with E-state index in [0.717, 1.165) is 12.3 Å². The fraction of sp³-hybridized carbons (Fsp3) is 0.375. The van der Waals surface area contributed by atoms with Crippen LogP contribution in [-0.4, -0.2) is 30.0 Å². The van der Waals surface area contributed by atoms with Gasteiger partial charge in [0.15, 0.2) is 11.0 Å². The number of anilines is 1. The summed E-state index contributed by atoms with van der Waals surface area (Å²) in [5.41, 5.74) is -0.768. The van der Waals surface area contributed by atoms with Crippen LogP contribution in [0, 0.1) is 0 Å². The minimum atomic E-state index is -4.39. The Hall–Kier alpha value is -2.22. The second-order valence-corrected chi connectivity index (χ2v) is 6.11. The van der Waals surface area contributed by atoms with Crippen molar-refractivity contribution < 1.29 is 22.4 Å². The van der Waals surface area contributed by atoms with Crippen LogP contribution in [0.2, 0.25) is 5.22 Å².